The second-order valence-corrected chi connectivity index (χ2v) is 50.1. The number of allylic oxidation sites excluding steroid dienone is 2. The molecule has 0 unspecified atom stereocenters. The summed E-state index contributed by atoms with van der Waals surface area (Å²) in [5, 5.41) is 0. The van der Waals surface area contributed by atoms with E-state index >= 15 is 0 Å². The molecule has 1 aromatic rings. The Morgan fingerprint density at radius 2 is 1.62 bits per heavy atom. The molecule has 2 heterocycles. The van der Waals surface area contributed by atoms with Crippen LogP contribution in [0.5, 0.6) is 0 Å². The molecule has 21 heavy (non-hydrogen) atoms. The van der Waals surface area contributed by atoms with Gasteiger partial charge in [0.05, 0.1) is 0 Å². The molecule has 1 saturated heterocycles. The van der Waals surface area contributed by atoms with Gasteiger partial charge in [0.2, 0.25) is 0 Å². The van der Waals surface area contributed by atoms with Gasteiger partial charge in [-0.1, -0.05) is 0 Å². The first-order chi connectivity index (χ1) is 10.1. The Morgan fingerprint density at radius 3 is 2.24 bits per heavy atom. The van der Waals surface area contributed by atoms with Crippen LogP contribution in [0.15, 0.2) is 54.8 Å². The third-order valence-electron chi connectivity index (χ3n) is 4.23. The summed E-state index contributed by atoms with van der Waals surface area (Å²) < 4.78 is 6.67. The summed E-state index contributed by atoms with van der Waals surface area (Å²) in [5.74, 6) is 0. The van der Waals surface area contributed by atoms with Gasteiger partial charge in [0.25, 0.3) is 0 Å². The molecule has 0 N–H and O–H groups in total. The monoisotopic (exact) mass is 608 g/mol. The van der Waals surface area contributed by atoms with E-state index in [2.05, 4.69) is 84.9 Å². The van der Waals surface area contributed by atoms with Crippen LogP contribution < -0.4 is 3.27 Å². The Labute approximate surface area is 140 Å². The van der Waals surface area contributed by atoms with Crippen LogP contribution in [-0.2, 0) is 0 Å². The van der Waals surface area contributed by atoms with Crippen molar-refractivity contribution in [3.63, 3.8) is 0 Å². The number of hydrogen-bond acceptors (Lipinski definition) is 2. The third-order valence-corrected chi connectivity index (χ3v) is 40.8. The summed E-state index contributed by atoms with van der Waals surface area (Å²) in [6.07, 6.45) is 12.7. The molecule has 5 heteroatoms. The van der Waals surface area contributed by atoms with Crippen molar-refractivity contribution in [1.82, 2.24) is 5.69 Å². The zero-order valence-corrected chi connectivity index (χ0v) is 18.7. The van der Waals surface area contributed by atoms with Crippen molar-refractivity contribution in [2.75, 3.05) is 19.6 Å². The summed E-state index contributed by atoms with van der Waals surface area (Å²) in [6.45, 7) is 3.31. The molecule has 114 valence electrons. The van der Waals surface area contributed by atoms with E-state index in [4.69, 9.17) is 0 Å². The standard InChI is InChI=1S/C6H5.C5H10N.C5H6N.Bi.2BrH/c3*1-2-4-6-5-3-1;;;/h1-5H;1-5H2;1-4H,5H2;;2*1H/q;2*-1;+4;;/p-2. The van der Waals surface area contributed by atoms with E-state index in [9.17, 15) is 0 Å². The first-order valence-corrected chi connectivity index (χ1v) is 27.4. The predicted molar refractivity (Wildman–Crippen MR) is 100 cm³/mol. The van der Waals surface area contributed by atoms with Gasteiger partial charge in [-0.3, -0.25) is 0 Å². The van der Waals surface area contributed by atoms with E-state index in [-0.39, 0.29) is 0 Å². The average molecular weight is 610 g/mol. The molecule has 3 rings (SSSR count). The molecule has 2 nitrogen and oxygen atoms in total. The van der Waals surface area contributed by atoms with Gasteiger partial charge in [0, 0.05) is 0 Å². The number of benzene rings is 1. The number of nitrogens with zero attached hydrogens (tertiary/aromatic N) is 2. The molecule has 1 fully saturated rings. The van der Waals surface area contributed by atoms with E-state index < -0.39 is 14.7 Å². The fourth-order valence-electron chi connectivity index (χ4n) is 3.08. The number of halogens is 2. The Bertz CT molecular complexity index is 551. The van der Waals surface area contributed by atoms with Crippen molar-refractivity contribution in [3.05, 3.63) is 54.8 Å². The zero-order valence-electron chi connectivity index (χ0n) is 12.0. The minimum atomic E-state index is -3.80. The molecule has 0 atom stereocenters. The van der Waals surface area contributed by atoms with Gasteiger partial charge in [0.1, 0.15) is 0 Å². The number of rotatable bonds is 3. The summed E-state index contributed by atoms with van der Waals surface area (Å²) in [4.78, 5) is 0. The van der Waals surface area contributed by atoms with Gasteiger partial charge in [-0.25, -0.2) is 0 Å². The van der Waals surface area contributed by atoms with E-state index in [1.165, 1.54) is 35.6 Å². The fourth-order valence-corrected chi connectivity index (χ4v) is 29.6. The molecule has 0 aliphatic carbocycles. The third kappa shape index (κ3) is 2.92. The van der Waals surface area contributed by atoms with Crippen LogP contribution in [-0.4, -0.2) is 40.0 Å². The molecule has 0 aromatic heterocycles. The molecular weight excluding hydrogens is 589 g/mol. The molecule has 2 aliphatic rings. The van der Waals surface area contributed by atoms with E-state index in [1.54, 1.807) is 0 Å². The second kappa shape index (κ2) is 6.43. The minimum absolute atomic E-state index is 0.964. The summed E-state index contributed by atoms with van der Waals surface area (Å²) in [6, 6.07) is 11.0. The second-order valence-electron chi connectivity index (χ2n) is 5.57. The van der Waals surface area contributed by atoms with Crippen molar-refractivity contribution in [2.24, 2.45) is 0 Å². The van der Waals surface area contributed by atoms with Gasteiger partial charge in [-0.2, -0.15) is 0 Å². The number of hydrogen-bond donors (Lipinski definition) is 0. The summed E-state index contributed by atoms with van der Waals surface area (Å²) in [5.41, 5.74) is 0. The van der Waals surface area contributed by atoms with Gasteiger partial charge in [0.15, 0.2) is 0 Å². The van der Waals surface area contributed by atoms with Crippen molar-refractivity contribution in [3.8, 4) is 0 Å². The van der Waals surface area contributed by atoms with Crippen LogP contribution in [0.2, 0.25) is 0 Å². The maximum atomic E-state index is 4.32. The molecule has 0 radical (unpaired) electrons. The van der Waals surface area contributed by atoms with Gasteiger partial charge in [-0.15, -0.1) is 0 Å². The van der Waals surface area contributed by atoms with Gasteiger partial charge in [-0.05, 0) is 0 Å². The molecule has 0 amide bonds. The van der Waals surface area contributed by atoms with Crippen LogP contribution in [0, 0.1) is 0 Å². The first-order valence-electron chi connectivity index (χ1n) is 7.49. The Kier molecular flexibility index (Phi) is 4.95. The van der Waals surface area contributed by atoms with E-state index in [1.807, 2.05) is 0 Å². The quantitative estimate of drug-likeness (QED) is 0.479. The maximum absolute atomic E-state index is 4.32. The molecule has 0 spiro atoms. The fraction of sp³-hybridized carbons (Fsp3) is 0.375. The molecule has 1 aromatic carbocycles. The SMILES string of the molecule is [Br][Bi]([Br])([c]1ccccc1)([N]1C=CC=CC1)[N]1CCCCC1. The van der Waals surface area contributed by atoms with E-state index in [0.717, 1.165) is 6.54 Å². The Balaban J connectivity index is 2.09. The van der Waals surface area contributed by atoms with Crippen LogP contribution in [0.3, 0.4) is 0 Å². The van der Waals surface area contributed by atoms with Crippen molar-refractivity contribution in [1.29, 1.82) is 0 Å². The molecule has 0 bridgehead atoms. The zero-order chi connectivity index (χ0) is 14.8. The first kappa shape index (κ1) is 16.2. The van der Waals surface area contributed by atoms with Crippen LogP contribution in [0.25, 0.3) is 0 Å². The van der Waals surface area contributed by atoms with Crippen LogP contribution in [0.4, 0.5) is 0 Å². The van der Waals surface area contributed by atoms with Crippen molar-refractivity contribution in [2.45, 2.75) is 19.3 Å². The van der Waals surface area contributed by atoms with Crippen molar-refractivity contribution < 1.29 is 0 Å². The van der Waals surface area contributed by atoms with Gasteiger partial charge >= 0.3 is 142 Å². The summed E-state index contributed by atoms with van der Waals surface area (Å²) in [7, 11) is 0. The normalized spacial score (nSPS) is 22.0. The Hall–Kier alpha value is 0.303. The Morgan fingerprint density at radius 1 is 0.905 bits per heavy atom. The molecular formula is C16H21BiBr2N2. The average Bonchev–Trinajstić information content (AvgIpc) is 2.57. The van der Waals surface area contributed by atoms with Gasteiger partial charge < -0.3 is 0 Å². The molecule has 0 saturated carbocycles. The van der Waals surface area contributed by atoms with E-state index in [0.29, 0.717) is 0 Å². The van der Waals surface area contributed by atoms with Crippen molar-refractivity contribution >= 4 is 42.4 Å². The predicted octanol–water partition coefficient (Wildman–Crippen LogP) is 3.94. The molecule has 2 aliphatic heterocycles. The van der Waals surface area contributed by atoms with Crippen LogP contribution in [0.1, 0.15) is 19.3 Å². The topological polar surface area (TPSA) is 6.48 Å². The van der Waals surface area contributed by atoms with Crippen LogP contribution >= 0.6 is 24.4 Å². The summed E-state index contributed by atoms with van der Waals surface area (Å²) >= 11 is 4.83. The number of piperidine rings is 1.